The maximum Gasteiger partial charge on any atom is 0.167 e. The number of likely N-dealkylation sites (N-methyl/N-ethyl adjacent to an activating group) is 1. The number of hydrogen-bond acceptors (Lipinski definition) is 5. The molecule has 0 spiro atoms. The Labute approximate surface area is 145 Å². The molecular weight excluding hydrogens is 321 g/mol. The van der Waals surface area contributed by atoms with Crippen LogP contribution in [0.1, 0.15) is 12.5 Å². The Morgan fingerprint density at radius 3 is 2.60 bits per heavy atom. The van der Waals surface area contributed by atoms with Gasteiger partial charge in [0.05, 0.1) is 12.6 Å². The standard InChI is InChI=1S/C19H20FN3O2/c1-12(8-13-4-6-14(24)7-5-13)23(2)19-15-9-18(25-3)16(20)10-17(15)21-11-22-19/h4-7,9-12,24H,8H2,1-3H3. The minimum atomic E-state index is -0.445. The Balaban J connectivity index is 1.92. The zero-order valence-electron chi connectivity index (χ0n) is 14.4. The lowest BCUT2D eigenvalue weighted by Gasteiger charge is -2.27. The van der Waals surface area contributed by atoms with Crippen LogP contribution in [0.4, 0.5) is 10.2 Å². The number of benzene rings is 2. The van der Waals surface area contributed by atoms with Gasteiger partial charge in [0.15, 0.2) is 11.6 Å². The maximum absolute atomic E-state index is 13.9. The van der Waals surface area contributed by atoms with Gasteiger partial charge in [0.2, 0.25) is 0 Å². The van der Waals surface area contributed by atoms with Gasteiger partial charge in [0.25, 0.3) is 0 Å². The highest BCUT2D eigenvalue weighted by Gasteiger charge is 2.17. The van der Waals surface area contributed by atoms with E-state index in [4.69, 9.17) is 4.74 Å². The fourth-order valence-corrected chi connectivity index (χ4v) is 2.80. The molecule has 1 heterocycles. The minimum absolute atomic E-state index is 0.138. The van der Waals surface area contributed by atoms with E-state index < -0.39 is 5.82 Å². The summed E-state index contributed by atoms with van der Waals surface area (Å²) >= 11 is 0. The van der Waals surface area contributed by atoms with Gasteiger partial charge in [0.1, 0.15) is 17.9 Å². The largest absolute Gasteiger partial charge is 0.508 e. The fraction of sp³-hybridized carbons (Fsp3) is 0.263. The van der Waals surface area contributed by atoms with Gasteiger partial charge in [-0.3, -0.25) is 0 Å². The molecule has 0 saturated carbocycles. The number of rotatable bonds is 5. The Kier molecular flexibility index (Phi) is 4.70. The number of anilines is 1. The van der Waals surface area contributed by atoms with Crippen LogP contribution >= 0.6 is 0 Å². The normalized spacial score (nSPS) is 12.2. The molecule has 5 nitrogen and oxygen atoms in total. The highest BCUT2D eigenvalue weighted by atomic mass is 19.1. The summed E-state index contributed by atoms with van der Waals surface area (Å²) in [5.74, 6) is 0.692. The van der Waals surface area contributed by atoms with E-state index in [2.05, 4.69) is 16.9 Å². The molecule has 6 heteroatoms. The molecule has 1 atom stereocenters. The van der Waals surface area contributed by atoms with Gasteiger partial charge >= 0.3 is 0 Å². The SMILES string of the molecule is COc1cc2c(N(C)C(C)Cc3ccc(O)cc3)ncnc2cc1F. The lowest BCUT2D eigenvalue weighted by molar-refractivity contribution is 0.387. The smallest absolute Gasteiger partial charge is 0.167 e. The van der Waals surface area contributed by atoms with Crippen molar-refractivity contribution in [2.75, 3.05) is 19.1 Å². The zero-order chi connectivity index (χ0) is 18.0. The van der Waals surface area contributed by atoms with E-state index in [1.807, 2.05) is 24.1 Å². The predicted octanol–water partition coefficient (Wildman–Crippen LogP) is 3.55. The van der Waals surface area contributed by atoms with E-state index in [-0.39, 0.29) is 17.5 Å². The topological polar surface area (TPSA) is 58.5 Å². The van der Waals surface area contributed by atoms with Crippen LogP contribution in [-0.4, -0.2) is 35.3 Å². The summed E-state index contributed by atoms with van der Waals surface area (Å²) in [5, 5.41) is 10.1. The minimum Gasteiger partial charge on any atom is -0.508 e. The van der Waals surface area contributed by atoms with Gasteiger partial charge in [0, 0.05) is 24.5 Å². The van der Waals surface area contributed by atoms with Crippen LogP contribution < -0.4 is 9.64 Å². The van der Waals surface area contributed by atoms with Crippen LogP contribution in [-0.2, 0) is 6.42 Å². The summed E-state index contributed by atoms with van der Waals surface area (Å²) in [6.45, 7) is 2.08. The van der Waals surface area contributed by atoms with E-state index in [9.17, 15) is 9.50 Å². The number of fused-ring (bicyclic) bond motifs is 1. The monoisotopic (exact) mass is 341 g/mol. The maximum atomic E-state index is 13.9. The van der Waals surface area contributed by atoms with Crippen molar-refractivity contribution in [1.82, 2.24) is 9.97 Å². The van der Waals surface area contributed by atoms with E-state index in [0.29, 0.717) is 5.52 Å². The van der Waals surface area contributed by atoms with E-state index in [1.165, 1.54) is 19.5 Å². The molecule has 1 N–H and O–H groups in total. The molecule has 130 valence electrons. The number of ether oxygens (including phenoxy) is 1. The highest BCUT2D eigenvalue weighted by Crippen LogP contribution is 2.30. The average molecular weight is 341 g/mol. The molecule has 0 aliphatic carbocycles. The number of aromatic nitrogens is 2. The molecule has 0 radical (unpaired) electrons. The molecule has 1 aromatic heterocycles. The van der Waals surface area contributed by atoms with Crippen molar-refractivity contribution in [2.24, 2.45) is 0 Å². The molecule has 2 aromatic carbocycles. The Hall–Kier alpha value is -2.89. The van der Waals surface area contributed by atoms with Gasteiger partial charge in [-0.25, -0.2) is 14.4 Å². The lowest BCUT2D eigenvalue weighted by atomic mass is 10.1. The van der Waals surface area contributed by atoms with Crippen molar-refractivity contribution >= 4 is 16.7 Å². The average Bonchev–Trinajstić information content (AvgIpc) is 2.61. The van der Waals surface area contributed by atoms with Crippen LogP contribution in [0.2, 0.25) is 0 Å². The van der Waals surface area contributed by atoms with E-state index in [1.54, 1.807) is 18.2 Å². The molecular formula is C19H20FN3O2. The van der Waals surface area contributed by atoms with Crippen LogP contribution in [0.15, 0.2) is 42.7 Å². The van der Waals surface area contributed by atoms with Gasteiger partial charge in [-0.1, -0.05) is 12.1 Å². The van der Waals surface area contributed by atoms with Crippen LogP contribution in [0.5, 0.6) is 11.5 Å². The number of methoxy groups -OCH3 is 1. The molecule has 0 amide bonds. The lowest BCUT2D eigenvalue weighted by Crippen LogP contribution is -2.31. The second kappa shape index (κ2) is 6.93. The summed E-state index contributed by atoms with van der Waals surface area (Å²) in [5.41, 5.74) is 1.64. The number of phenolic OH excluding ortho intramolecular Hbond substituents is 1. The predicted molar refractivity (Wildman–Crippen MR) is 95.7 cm³/mol. The van der Waals surface area contributed by atoms with Gasteiger partial charge in [-0.05, 0) is 37.1 Å². The van der Waals surface area contributed by atoms with Crippen molar-refractivity contribution in [3.8, 4) is 11.5 Å². The van der Waals surface area contributed by atoms with E-state index >= 15 is 0 Å². The third-order valence-corrected chi connectivity index (χ3v) is 4.35. The third kappa shape index (κ3) is 3.47. The molecule has 3 rings (SSSR count). The molecule has 0 aliphatic rings. The summed E-state index contributed by atoms with van der Waals surface area (Å²) in [4.78, 5) is 10.6. The summed E-state index contributed by atoms with van der Waals surface area (Å²) in [6, 6.07) is 10.3. The molecule has 25 heavy (non-hydrogen) atoms. The summed E-state index contributed by atoms with van der Waals surface area (Å²) in [6.07, 6.45) is 2.22. The quantitative estimate of drug-likeness (QED) is 0.769. The van der Waals surface area contributed by atoms with Crippen molar-refractivity contribution in [1.29, 1.82) is 0 Å². The summed E-state index contributed by atoms with van der Waals surface area (Å²) < 4.78 is 19.0. The van der Waals surface area contributed by atoms with Crippen LogP contribution in [0, 0.1) is 5.82 Å². The van der Waals surface area contributed by atoms with Crippen molar-refractivity contribution in [3.05, 3.63) is 54.1 Å². The molecule has 0 fully saturated rings. The molecule has 0 aliphatic heterocycles. The Bertz CT molecular complexity index is 884. The molecule has 1 unspecified atom stereocenters. The second-order valence-electron chi connectivity index (χ2n) is 6.03. The van der Waals surface area contributed by atoms with Crippen molar-refractivity contribution in [3.63, 3.8) is 0 Å². The first kappa shape index (κ1) is 17.0. The molecule has 0 bridgehead atoms. The first-order chi connectivity index (χ1) is 12.0. The van der Waals surface area contributed by atoms with Gasteiger partial charge in [-0.2, -0.15) is 0 Å². The summed E-state index contributed by atoms with van der Waals surface area (Å²) in [7, 11) is 3.38. The number of aromatic hydroxyl groups is 1. The number of nitrogens with zero attached hydrogens (tertiary/aromatic N) is 3. The van der Waals surface area contributed by atoms with Crippen LogP contribution in [0.25, 0.3) is 10.9 Å². The molecule has 3 aromatic rings. The highest BCUT2D eigenvalue weighted by molar-refractivity contribution is 5.90. The first-order valence-electron chi connectivity index (χ1n) is 7.98. The first-order valence-corrected chi connectivity index (χ1v) is 7.98. The van der Waals surface area contributed by atoms with Crippen molar-refractivity contribution < 1.29 is 14.2 Å². The fourth-order valence-electron chi connectivity index (χ4n) is 2.80. The Morgan fingerprint density at radius 2 is 1.92 bits per heavy atom. The zero-order valence-corrected chi connectivity index (χ0v) is 14.4. The third-order valence-electron chi connectivity index (χ3n) is 4.35. The van der Waals surface area contributed by atoms with Gasteiger partial charge in [-0.15, -0.1) is 0 Å². The van der Waals surface area contributed by atoms with Gasteiger partial charge < -0.3 is 14.7 Å². The van der Waals surface area contributed by atoms with Crippen molar-refractivity contribution in [2.45, 2.75) is 19.4 Å². The number of hydrogen-bond donors (Lipinski definition) is 1. The Morgan fingerprint density at radius 1 is 1.20 bits per heavy atom. The number of phenols is 1. The molecule has 0 saturated heterocycles. The number of halogens is 1. The van der Waals surface area contributed by atoms with E-state index in [0.717, 1.165) is 23.2 Å². The second-order valence-corrected chi connectivity index (χ2v) is 6.03. The van der Waals surface area contributed by atoms with Crippen LogP contribution in [0.3, 0.4) is 0 Å².